The smallest absolute Gasteiger partial charge is 0.264 e. The van der Waals surface area contributed by atoms with E-state index in [9.17, 15) is 14.0 Å². The second-order valence-corrected chi connectivity index (χ2v) is 6.78. The molecule has 0 radical (unpaired) electrons. The Balaban J connectivity index is 1.65. The molecule has 1 unspecified atom stereocenters. The van der Waals surface area contributed by atoms with Gasteiger partial charge in [0.2, 0.25) is 5.91 Å². The molecule has 2 aromatic rings. The van der Waals surface area contributed by atoms with E-state index in [0.717, 1.165) is 18.4 Å². The molecule has 3 rings (SSSR count). The van der Waals surface area contributed by atoms with Crippen LogP contribution in [0.4, 0.5) is 4.39 Å². The van der Waals surface area contributed by atoms with Crippen LogP contribution in [-0.4, -0.2) is 29.3 Å². The van der Waals surface area contributed by atoms with Gasteiger partial charge in [-0.05, 0) is 48.4 Å². The van der Waals surface area contributed by atoms with Crippen LogP contribution in [0.3, 0.4) is 0 Å². The first kappa shape index (κ1) is 16.6. The summed E-state index contributed by atoms with van der Waals surface area (Å²) in [5, 5.41) is 4.73. The zero-order valence-corrected chi connectivity index (χ0v) is 14.0. The number of thiophene rings is 1. The van der Waals surface area contributed by atoms with Crippen molar-refractivity contribution in [2.24, 2.45) is 0 Å². The highest BCUT2D eigenvalue weighted by atomic mass is 32.1. The van der Waals surface area contributed by atoms with Gasteiger partial charge >= 0.3 is 0 Å². The van der Waals surface area contributed by atoms with E-state index in [2.05, 4.69) is 5.32 Å². The van der Waals surface area contributed by atoms with Crippen molar-refractivity contribution in [3.8, 4) is 0 Å². The van der Waals surface area contributed by atoms with Crippen LogP contribution in [-0.2, 0) is 11.3 Å². The van der Waals surface area contributed by atoms with Gasteiger partial charge in [-0.15, -0.1) is 11.3 Å². The molecule has 2 amide bonds. The Morgan fingerprint density at radius 3 is 2.71 bits per heavy atom. The maximum absolute atomic E-state index is 12.9. The first-order chi connectivity index (χ1) is 11.6. The van der Waals surface area contributed by atoms with Gasteiger partial charge in [-0.25, -0.2) is 4.39 Å². The Labute approximate surface area is 144 Å². The van der Waals surface area contributed by atoms with Crippen LogP contribution in [0.5, 0.6) is 0 Å². The number of nitrogens with zero attached hydrogens (tertiary/aromatic N) is 1. The molecule has 1 atom stereocenters. The molecule has 4 nitrogen and oxygen atoms in total. The summed E-state index contributed by atoms with van der Waals surface area (Å²) in [6.45, 7) is 0.933. The molecule has 1 saturated heterocycles. The molecule has 24 heavy (non-hydrogen) atoms. The first-order valence-electron chi connectivity index (χ1n) is 8.02. The lowest BCUT2D eigenvalue weighted by molar-refractivity contribution is -0.126. The third-order valence-corrected chi connectivity index (χ3v) is 5.04. The average molecular weight is 346 g/mol. The molecule has 1 N–H and O–H groups in total. The predicted octanol–water partition coefficient (Wildman–Crippen LogP) is 3.20. The molecule has 126 valence electrons. The van der Waals surface area contributed by atoms with Crippen LogP contribution < -0.4 is 5.32 Å². The minimum Gasteiger partial charge on any atom is -0.350 e. The van der Waals surface area contributed by atoms with Crippen LogP contribution in [0.1, 0.15) is 34.5 Å². The number of likely N-dealkylation sites (tertiary alicyclic amines) is 1. The van der Waals surface area contributed by atoms with Crippen LogP contribution in [0.15, 0.2) is 41.8 Å². The Kier molecular flexibility index (Phi) is 5.25. The number of carbonyl (C=O) groups is 2. The number of hydrogen-bond donors (Lipinski definition) is 1. The quantitative estimate of drug-likeness (QED) is 0.924. The number of hydrogen-bond acceptors (Lipinski definition) is 3. The molecule has 0 spiro atoms. The van der Waals surface area contributed by atoms with E-state index < -0.39 is 6.04 Å². The summed E-state index contributed by atoms with van der Waals surface area (Å²) >= 11 is 1.39. The number of amides is 2. The van der Waals surface area contributed by atoms with Gasteiger partial charge in [-0.3, -0.25) is 9.59 Å². The Morgan fingerprint density at radius 1 is 1.21 bits per heavy atom. The first-order valence-corrected chi connectivity index (χ1v) is 8.90. The molecular formula is C18H19FN2O2S. The fourth-order valence-corrected chi connectivity index (χ4v) is 3.58. The lowest BCUT2D eigenvalue weighted by atomic mass is 10.0. The molecule has 1 aliphatic heterocycles. The maximum atomic E-state index is 12.9. The van der Waals surface area contributed by atoms with Crippen molar-refractivity contribution in [3.63, 3.8) is 0 Å². The standard InChI is InChI=1S/C18H19FN2O2S/c19-14-8-6-13(7-9-14)12-20-17(22)15-4-1-2-10-21(15)18(23)16-5-3-11-24-16/h3,5-9,11,15H,1-2,4,10,12H2,(H,20,22). The summed E-state index contributed by atoms with van der Waals surface area (Å²) in [6.07, 6.45) is 2.52. The highest BCUT2D eigenvalue weighted by molar-refractivity contribution is 7.12. The second kappa shape index (κ2) is 7.57. The molecule has 1 aromatic heterocycles. The third kappa shape index (κ3) is 3.82. The highest BCUT2D eigenvalue weighted by Crippen LogP contribution is 2.22. The number of halogens is 1. The molecule has 1 aromatic carbocycles. The fourth-order valence-electron chi connectivity index (χ4n) is 2.90. The normalized spacial score (nSPS) is 17.5. The van der Waals surface area contributed by atoms with Gasteiger partial charge in [0.15, 0.2) is 0 Å². The van der Waals surface area contributed by atoms with E-state index in [0.29, 0.717) is 24.4 Å². The van der Waals surface area contributed by atoms with Crippen LogP contribution in [0.2, 0.25) is 0 Å². The minimum absolute atomic E-state index is 0.0772. The number of benzene rings is 1. The zero-order valence-electron chi connectivity index (χ0n) is 13.2. The van der Waals surface area contributed by atoms with Crippen molar-refractivity contribution in [3.05, 3.63) is 58.0 Å². The minimum atomic E-state index is -0.436. The van der Waals surface area contributed by atoms with E-state index in [-0.39, 0.29) is 17.6 Å². The summed E-state index contributed by atoms with van der Waals surface area (Å²) < 4.78 is 12.9. The van der Waals surface area contributed by atoms with Crippen LogP contribution in [0, 0.1) is 5.82 Å². The molecule has 1 fully saturated rings. The Hall–Kier alpha value is -2.21. The molecule has 1 aliphatic rings. The van der Waals surface area contributed by atoms with Gasteiger partial charge in [0.1, 0.15) is 11.9 Å². The van der Waals surface area contributed by atoms with E-state index >= 15 is 0 Å². The average Bonchev–Trinajstić information content (AvgIpc) is 3.15. The van der Waals surface area contributed by atoms with Crippen LogP contribution in [0.25, 0.3) is 0 Å². The summed E-state index contributed by atoms with van der Waals surface area (Å²) in [7, 11) is 0. The van der Waals surface area contributed by atoms with Crippen molar-refractivity contribution in [1.29, 1.82) is 0 Å². The zero-order chi connectivity index (χ0) is 16.9. The summed E-state index contributed by atoms with van der Waals surface area (Å²) in [5.41, 5.74) is 0.830. The van der Waals surface area contributed by atoms with E-state index in [1.54, 1.807) is 23.1 Å². The monoisotopic (exact) mass is 346 g/mol. The number of rotatable bonds is 4. The number of piperidine rings is 1. The predicted molar refractivity (Wildman–Crippen MR) is 91.2 cm³/mol. The Morgan fingerprint density at radius 2 is 2.00 bits per heavy atom. The molecule has 0 saturated carbocycles. The third-order valence-electron chi connectivity index (χ3n) is 4.18. The largest absolute Gasteiger partial charge is 0.350 e. The molecule has 6 heteroatoms. The summed E-state index contributed by atoms with van der Waals surface area (Å²) in [5.74, 6) is -0.527. The summed E-state index contributed by atoms with van der Waals surface area (Å²) in [4.78, 5) is 27.5. The molecule has 0 bridgehead atoms. The number of nitrogens with one attached hydrogen (secondary N) is 1. The van der Waals surface area contributed by atoms with Gasteiger partial charge < -0.3 is 10.2 Å². The van der Waals surface area contributed by atoms with Crippen molar-refractivity contribution in [2.75, 3.05) is 6.54 Å². The SMILES string of the molecule is O=C(NCc1ccc(F)cc1)C1CCCCN1C(=O)c1cccs1. The fraction of sp³-hybridized carbons (Fsp3) is 0.333. The van der Waals surface area contributed by atoms with Crippen LogP contribution >= 0.6 is 11.3 Å². The van der Waals surface area contributed by atoms with E-state index in [1.807, 2.05) is 11.4 Å². The molecule has 0 aliphatic carbocycles. The molecular weight excluding hydrogens is 327 g/mol. The van der Waals surface area contributed by atoms with Gasteiger partial charge in [-0.2, -0.15) is 0 Å². The van der Waals surface area contributed by atoms with Crippen molar-refractivity contribution in [2.45, 2.75) is 31.8 Å². The molecule has 2 heterocycles. The summed E-state index contributed by atoms with van der Waals surface area (Å²) in [6, 6.07) is 9.22. The van der Waals surface area contributed by atoms with Crippen molar-refractivity contribution >= 4 is 23.2 Å². The van der Waals surface area contributed by atoms with Gasteiger partial charge in [0, 0.05) is 13.1 Å². The second-order valence-electron chi connectivity index (χ2n) is 5.83. The van der Waals surface area contributed by atoms with Gasteiger partial charge in [0.25, 0.3) is 5.91 Å². The van der Waals surface area contributed by atoms with E-state index in [1.165, 1.54) is 23.5 Å². The maximum Gasteiger partial charge on any atom is 0.264 e. The van der Waals surface area contributed by atoms with E-state index in [4.69, 9.17) is 0 Å². The van der Waals surface area contributed by atoms with Gasteiger partial charge in [-0.1, -0.05) is 18.2 Å². The highest BCUT2D eigenvalue weighted by Gasteiger charge is 2.32. The Bertz CT molecular complexity index is 700. The topological polar surface area (TPSA) is 49.4 Å². The van der Waals surface area contributed by atoms with Crippen molar-refractivity contribution < 1.29 is 14.0 Å². The van der Waals surface area contributed by atoms with Crippen molar-refractivity contribution in [1.82, 2.24) is 10.2 Å². The lowest BCUT2D eigenvalue weighted by Crippen LogP contribution is -2.51. The van der Waals surface area contributed by atoms with Gasteiger partial charge in [0.05, 0.1) is 4.88 Å². The lowest BCUT2D eigenvalue weighted by Gasteiger charge is -2.34. The number of carbonyl (C=O) groups excluding carboxylic acids is 2.